The van der Waals surface area contributed by atoms with E-state index in [2.05, 4.69) is 17.9 Å². The Morgan fingerprint density at radius 1 is 1.62 bits per heavy atom. The predicted molar refractivity (Wildman–Crippen MR) is 52.6 cm³/mol. The Kier molecular flexibility index (Phi) is 3.57. The van der Waals surface area contributed by atoms with Crippen LogP contribution in [0.5, 0.6) is 0 Å². The van der Waals surface area contributed by atoms with Crippen LogP contribution in [0.25, 0.3) is 0 Å². The van der Waals surface area contributed by atoms with E-state index in [0.717, 1.165) is 0 Å². The summed E-state index contributed by atoms with van der Waals surface area (Å²) < 4.78 is 13.1. The maximum atomic E-state index is 13.1. The minimum atomic E-state index is -0.508. The zero-order valence-electron chi connectivity index (χ0n) is 6.55. The van der Waals surface area contributed by atoms with E-state index in [1.165, 1.54) is 6.07 Å². The normalized spacial score (nSPS) is 9.77. The summed E-state index contributed by atoms with van der Waals surface area (Å²) in [7, 11) is 0. The first kappa shape index (κ1) is 10.3. The van der Waals surface area contributed by atoms with Crippen LogP contribution in [0.2, 0.25) is 5.02 Å². The first-order chi connectivity index (χ1) is 6.11. The third-order valence-corrected chi connectivity index (χ3v) is 1.91. The van der Waals surface area contributed by atoms with E-state index in [9.17, 15) is 9.18 Å². The van der Waals surface area contributed by atoms with Gasteiger partial charge in [-0.1, -0.05) is 36.4 Å². The fourth-order valence-corrected chi connectivity index (χ4v) is 1.13. The number of halogens is 2. The van der Waals surface area contributed by atoms with Crippen molar-refractivity contribution in [2.24, 2.45) is 0 Å². The molecule has 0 aromatic heterocycles. The predicted octanol–water partition coefficient (Wildman–Crippen LogP) is 2.62. The molecule has 0 radical (unpaired) electrons. The lowest BCUT2D eigenvalue weighted by atomic mass is 10.2. The van der Waals surface area contributed by atoms with Crippen LogP contribution in [0.15, 0.2) is 18.2 Å². The standard InChI is InChI=1S/C8H7ClFNOS/c9-6-3-1-2-5(7(6)10)4-11-8(12)13/h1-3H,4H2,(H2,11,12,13). The molecule has 1 aromatic rings. The molecule has 0 aliphatic rings. The lowest BCUT2D eigenvalue weighted by Crippen LogP contribution is -2.16. The number of amides is 1. The molecule has 0 bridgehead atoms. The highest BCUT2D eigenvalue weighted by Crippen LogP contribution is 2.17. The average Bonchev–Trinajstić information content (AvgIpc) is 2.07. The van der Waals surface area contributed by atoms with Gasteiger partial charge >= 0.3 is 0 Å². The van der Waals surface area contributed by atoms with Gasteiger partial charge in [0.05, 0.1) is 5.02 Å². The zero-order chi connectivity index (χ0) is 9.84. The van der Waals surface area contributed by atoms with E-state index in [1.807, 2.05) is 0 Å². The van der Waals surface area contributed by atoms with Gasteiger partial charge in [0.2, 0.25) is 0 Å². The first-order valence-corrected chi connectivity index (χ1v) is 4.33. The summed E-state index contributed by atoms with van der Waals surface area (Å²) in [4.78, 5) is 10.4. The monoisotopic (exact) mass is 219 g/mol. The zero-order valence-corrected chi connectivity index (χ0v) is 8.20. The van der Waals surface area contributed by atoms with Crippen molar-refractivity contribution < 1.29 is 9.18 Å². The molecule has 0 spiro atoms. The molecule has 70 valence electrons. The quantitative estimate of drug-likeness (QED) is 0.736. The van der Waals surface area contributed by atoms with Gasteiger partial charge in [0.1, 0.15) is 5.82 Å². The van der Waals surface area contributed by atoms with Crippen molar-refractivity contribution in [1.82, 2.24) is 5.32 Å². The second-order valence-electron chi connectivity index (χ2n) is 2.37. The lowest BCUT2D eigenvalue weighted by molar-refractivity contribution is 0.260. The van der Waals surface area contributed by atoms with Gasteiger partial charge < -0.3 is 5.32 Å². The molecule has 1 amide bonds. The largest absolute Gasteiger partial charge is 0.343 e. The molecule has 0 fully saturated rings. The Labute approximate surface area is 85.5 Å². The number of nitrogens with one attached hydrogen (secondary N) is 1. The van der Waals surface area contributed by atoms with Gasteiger partial charge in [0.15, 0.2) is 0 Å². The summed E-state index contributed by atoms with van der Waals surface area (Å²) >= 11 is 9.01. The van der Waals surface area contributed by atoms with E-state index in [0.29, 0.717) is 5.56 Å². The fourth-order valence-electron chi connectivity index (χ4n) is 0.856. The topological polar surface area (TPSA) is 29.1 Å². The van der Waals surface area contributed by atoms with E-state index in [4.69, 9.17) is 11.6 Å². The third kappa shape index (κ3) is 2.90. The molecular weight excluding hydrogens is 213 g/mol. The smallest absolute Gasteiger partial charge is 0.276 e. The van der Waals surface area contributed by atoms with E-state index in [-0.39, 0.29) is 11.6 Å². The Morgan fingerprint density at radius 3 is 2.92 bits per heavy atom. The molecular formula is C8H7ClFNOS. The van der Waals surface area contributed by atoms with Gasteiger partial charge in [0.25, 0.3) is 5.24 Å². The molecule has 2 nitrogen and oxygen atoms in total. The van der Waals surface area contributed by atoms with E-state index >= 15 is 0 Å². The number of hydrogen-bond acceptors (Lipinski definition) is 1. The summed E-state index contributed by atoms with van der Waals surface area (Å²) in [6.45, 7) is 0.0920. The SMILES string of the molecule is O=C(S)NCc1cccc(Cl)c1F. The number of carbonyl (C=O) groups excluding carboxylic acids is 1. The van der Waals surface area contributed by atoms with Gasteiger partial charge in [-0.15, -0.1) is 0 Å². The number of rotatable bonds is 2. The van der Waals surface area contributed by atoms with Crippen LogP contribution in [0, 0.1) is 5.82 Å². The van der Waals surface area contributed by atoms with E-state index in [1.54, 1.807) is 12.1 Å². The summed E-state index contributed by atoms with van der Waals surface area (Å²) in [5.74, 6) is -0.508. The van der Waals surface area contributed by atoms with Crippen LogP contribution in [-0.2, 0) is 6.54 Å². The summed E-state index contributed by atoms with van der Waals surface area (Å²) in [5.41, 5.74) is 0.343. The lowest BCUT2D eigenvalue weighted by Gasteiger charge is -2.03. The second-order valence-corrected chi connectivity index (χ2v) is 3.19. The minimum Gasteiger partial charge on any atom is -0.343 e. The van der Waals surface area contributed by atoms with Gasteiger partial charge in [0, 0.05) is 12.1 Å². The van der Waals surface area contributed by atoms with Crippen molar-refractivity contribution in [3.63, 3.8) is 0 Å². The highest BCUT2D eigenvalue weighted by atomic mass is 35.5. The number of hydrogen-bond donors (Lipinski definition) is 2. The summed E-state index contributed by atoms with van der Waals surface area (Å²) in [6, 6.07) is 4.61. The van der Waals surface area contributed by atoms with Gasteiger partial charge in [-0.05, 0) is 6.07 Å². The van der Waals surface area contributed by atoms with Crippen molar-refractivity contribution in [3.8, 4) is 0 Å². The van der Waals surface area contributed by atoms with Crippen LogP contribution in [0.4, 0.5) is 9.18 Å². The summed E-state index contributed by atoms with van der Waals surface area (Å²) in [5, 5.41) is 1.90. The first-order valence-electron chi connectivity index (χ1n) is 3.51. The number of thiol groups is 1. The molecule has 0 unspecified atom stereocenters. The van der Waals surface area contributed by atoms with Crippen LogP contribution in [0.1, 0.15) is 5.56 Å². The number of benzene rings is 1. The molecule has 0 aliphatic heterocycles. The maximum absolute atomic E-state index is 13.1. The molecule has 0 saturated carbocycles. The fraction of sp³-hybridized carbons (Fsp3) is 0.125. The summed E-state index contributed by atoms with van der Waals surface area (Å²) in [6.07, 6.45) is 0. The van der Waals surface area contributed by atoms with Crippen molar-refractivity contribution in [1.29, 1.82) is 0 Å². The third-order valence-electron chi connectivity index (χ3n) is 1.46. The van der Waals surface area contributed by atoms with Gasteiger partial charge in [-0.25, -0.2) is 4.39 Å². The molecule has 0 atom stereocenters. The maximum Gasteiger partial charge on any atom is 0.276 e. The van der Waals surface area contributed by atoms with E-state index < -0.39 is 11.1 Å². The van der Waals surface area contributed by atoms with Crippen molar-refractivity contribution in [3.05, 3.63) is 34.6 Å². The van der Waals surface area contributed by atoms with Crippen LogP contribution in [0.3, 0.4) is 0 Å². The second kappa shape index (κ2) is 4.48. The van der Waals surface area contributed by atoms with Crippen molar-refractivity contribution >= 4 is 29.5 Å². The van der Waals surface area contributed by atoms with Crippen LogP contribution >= 0.6 is 24.2 Å². The molecule has 1 N–H and O–H groups in total. The molecule has 1 rings (SSSR count). The van der Waals surface area contributed by atoms with Crippen LogP contribution in [-0.4, -0.2) is 5.24 Å². The molecule has 0 heterocycles. The highest BCUT2D eigenvalue weighted by Gasteiger charge is 2.05. The van der Waals surface area contributed by atoms with Gasteiger partial charge in [-0.3, -0.25) is 4.79 Å². The Morgan fingerprint density at radius 2 is 2.31 bits per heavy atom. The molecule has 5 heteroatoms. The molecule has 0 saturated heterocycles. The molecule has 1 aromatic carbocycles. The average molecular weight is 220 g/mol. The minimum absolute atomic E-state index is 0.0471. The molecule has 13 heavy (non-hydrogen) atoms. The highest BCUT2D eigenvalue weighted by molar-refractivity contribution is 7.96. The van der Waals surface area contributed by atoms with Crippen LogP contribution < -0.4 is 5.32 Å². The number of carbonyl (C=O) groups is 1. The Hall–Kier alpha value is -0.740. The Balaban J connectivity index is 2.77. The van der Waals surface area contributed by atoms with Crippen molar-refractivity contribution in [2.45, 2.75) is 6.54 Å². The molecule has 0 aliphatic carbocycles. The van der Waals surface area contributed by atoms with Crippen molar-refractivity contribution in [2.75, 3.05) is 0 Å². The Bertz CT molecular complexity index is 332. The van der Waals surface area contributed by atoms with Gasteiger partial charge in [-0.2, -0.15) is 0 Å².